The molecule has 6 heteroatoms. The highest BCUT2D eigenvalue weighted by Crippen LogP contribution is 2.30. The van der Waals surface area contributed by atoms with Gasteiger partial charge in [-0.1, -0.05) is 13.8 Å². The van der Waals surface area contributed by atoms with E-state index in [0.29, 0.717) is 5.92 Å². The Morgan fingerprint density at radius 3 is 2.40 bits per heavy atom. The molecule has 1 rings (SSSR count). The van der Waals surface area contributed by atoms with E-state index in [1.54, 1.807) is 0 Å². The van der Waals surface area contributed by atoms with Crippen molar-refractivity contribution in [3.63, 3.8) is 0 Å². The fraction of sp³-hybridized carbons (Fsp3) is 0.889. The van der Waals surface area contributed by atoms with Crippen molar-refractivity contribution < 1.29 is 8.42 Å². The first-order chi connectivity index (χ1) is 6.82. The minimum Gasteiger partial charge on any atom is -0.386 e. The standard InChI is InChI=1S/C9H19N3O2S/c1-6(2)8(9(10)11)12-15(13,14)5-7-3-4-7/h6-8,12H,3-5H2,1-2H3,(H3,10,11). The van der Waals surface area contributed by atoms with E-state index in [9.17, 15) is 8.42 Å². The lowest BCUT2D eigenvalue weighted by atomic mass is 10.1. The maximum Gasteiger partial charge on any atom is 0.212 e. The van der Waals surface area contributed by atoms with Crippen molar-refractivity contribution in [2.75, 3.05) is 5.75 Å². The van der Waals surface area contributed by atoms with E-state index in [4.69, 9.17) is 11.1 Å². The maximum atomic E-state index is 11.6. The largest absolute Gasteiger partial charge is 0.386 e. The molecule has 1 unspecified atom stereocenters. The summed E-state index contributed by atoms with van der Waals surface area (Å²) in [5, 5.41) is 7.31. The van der Waals surface area contributed by atoms with Crippen LogP contribution in [0.25, 0.3) is 0 Å². The second kappa shape index (κ2) is 4.49. The number of nitrogens with two attached hydrogens (primary N) is 1. The van der Waals surface area contributed by atoms with Gasteiger partial charge >= 0.3 is 0 Å². The van der Waals surface area contributed by atoms with E-state index in [-0.39, 0.29) is 17.5 Å². The highest BCUT2D eigenvalue weighted by molar-refractivity contribution is 7.89. The van der Waals surface area contributed by atoms with Crippen LogP contribution in [-0.4, -0.2) is 26.0 Å². The van der Waals surface area contributed by atoms with Gasteiger partial charge in [-0.2, -0.15) is 0 Å². The van der Waals surface area contributed by atoms with Crippen molar-refractivity contribution in [1.82, 2.24) is 4.72 Å². The van der Waals surface area contributed by atoms with Gasteiger partial charge in [-0.3, -0.25) is 5.41 Å². The summed E-state index contributed by atoms with van der Waals surface area (Å²) in [7, 11) is -3.28. The molecule has 0 radical (unpaired) electrons. The summed E-state index contributed by atoms with van der Waals surface area (Å²) >= 11 is 0. The number of rotatable bonds is 6. The molecular weight excluding hydrogens is 214 g/mol. The SMILES string of the molecule is CC(C)C(NS(=O)(=O)CC1CC1)C(=N)N. The highest BCUT2D eigenvalue weighted by atomic mass is 32.2. The monoisotopic (exact) mass is 233 g/mol. The zero-order chi connectivity index (χ0) is 11.6. The third kappa shape index (κ3) is 4.17. The van der Waals surface area contributed by atoms with Crippen LogP contribution in [0.3, 0.4) is 0 Å². The van der Waals surface area contributed by atoms with E-state index in [1.807, 2.05) is 13.8 Å². The molecule has 4 N–H and O–H groups in total. The van der Waals surface area contributed by atoms with Gasteiger partial charge in [0.25, 0.3) is 0 Å². The highest BCUT2D eigenvalue weighted by Gasteiger charge is 2.30. The summed E-state index contributed by atoms with van der Waals surface area (Å²) in [6, 6.07) is -0.575. The van der Waals surface area contributed by atoms with Gasteiger partial charge in [0.05, 0.1) is 11.8 Å². The average Bonchev–Trinajstić information content (AvgIpc) is 2.82. The minimum absolute atomic E-state index is 0.00326. The molecule has 0 amide bonds. The van der Waals surface area contributed by atoms with Gasteiger partial charge in [-0.05, 0) is 24.7 Å². The molecule has 0 aromatic carbocycles. The molecule has 0 saturated heterocycles. The normalized spacial score (nSPS) is 19.1. The number of hydrogen-bond donors (Lipinski definition) is 3. The predicted octanol–water partition coefficient (Wildman–Crippen LogP) is 0.276. The van der Waals surface area contributed by atoms with E-state index in [2.05, 4.69) is 4.72 Å². The van der Waals surface area contributed by atoms with Crippen molar-refractivity contribution in [2.24, 2.45) is 17.6 Å². The number of sulfonamides is 1. The van der Waals surface area contributed by atoms with E-state index in [1.165, 1.54) is 0 Å². The molecule has 1 aliphatic carbocycles. The van der Waals surface area contributed by atoms with Crippen molar-refractivity contribution in [1.29, 1.82) is 5.41 Å². The molecule has 0 heterocycles. The molecule has 88 valence electrons. The Morgan fingerprint density at radius 2 is 2.07 bits per heavy atom. The van der Waals surface area contributed by atoms with Gasteiger partial charge in [0.2, 0.25) is 10.0 Å². The lowest BCUT2D eigenvalue weighted by molar-refractivity contribution is 0.520. The van der Waals surface area contributed by atoms with Crippen LogP contribution in [-0.2, 0) is 10.0 Å². The lowest BCUT2D eigenvalue weighted by Gasteiger charge is -2.20. The van der Waals surface area contributed by atoms with Gasteiger partial charge in [-0.25, -0.2) is 13.1 Å². The van der Waals surface area contributed by atoms with Crippen LogP contribution in [0, 0.1) is 17.2 Å². The second-order valence-corrected chi connectivity index (χ2v) is 6.32. The Morgan fingerprint density at radius 1 is 1.53 bits per heavy atom. The first-order valence-electron chi connectivity index (χ1n) is 5.15. The first-order valence-corrected chi connectivity index (χ1v) is 6.81. The first kappa shape index (κ1) is 12.4. The van der Waals surface area contributed by atoms with Gasteiger partial charge in [0.15, 0.2) is 0 Å². The lowest BCUT2D eigenvalue weighted by Crippen LogP contribution is -2.48. The molecule has 1 aliphatic rings. The Balaban J connectivity index is 2.59. The second-order valence-electron chi connectivity index (χ2n) is 4.52. The van der Waals surface area contributed by atoms with Crippen LogP contribution in [0.4, 0.5) is 0 Å². The molecule has 0 aromatic rings. The van der Waals surface area contributed by atoms with E-state index >= 15 is 0 Å². The molecule has 1 atom stereocenters. The molecule has 1 fully saturated rings. The summed E-state index contributed by atoms with van der Waals surface area (Å²) in [5.74, 6) is 0.354. The molecular formula is C9H19N3O2S. The van der Waals surface area contributed by atoms with Crippen molar-refractivity contribution >= 4 is 15.9 Å². The quantitative estimate of drug-likeness (QED) is 0.454. The molecule has 0 bridgehead atoms. The van der Waals surface area contributed by atoms with Gasteiger partial charge in [0.1, 0.15) is 5.84 Å². The third-order valence-corrected chi connectivity index (χ3v) is 3.98. The smallest absolute Gasteiger partial charge is 0.212 e. The number of nitrogens with one attached hydrogen (secondary N) is 2. The molecule has 0 spiro atoms. The molecule has 1 saturated carbocycles. The average molecular weight is 233 g/mol. The van der Waals surface area contributed by atoms with Crippen molar-refractivity contribution in [3.05, 3.63) is 0 Å². The van der Waals surface area contributed by atoms with Crippen LogP contribution >= 0.6 is 0 Å². The molecule has 0 aliphatic heterocycles. The maximum absolute atomic E-state index is 11.6. The fourth-order valence-electron chi connectivity index (χ4n) is 1.40. The Labute approximate surface area is 91.0 Å². The zero-order valence-corrected chi connectivity index (χ0v) is 9.97. The summed E-state index contributed by atoms with van der Waals surface area (Å²) in [6.07, 6.45) is 1.99. The van der Waals surface area contributed by atoms with Crippen LogP contribution < -0.4 is 10.5 Å². The number of amidine groups is 1. The topological polar surface area (TPSA) is 96.0 Å². The van der Waals surface area contributed by atoms with E-state index in [0.717, 1.165) is 12.8 Å². The Hall–Kier alpha value is -0.620. The predicted molar refractivity (Wildman–Crippen MR) is 60.2 cm³/mol. The Kier molecular flexibility index (Phi) is 3.72. The summed E-state index contributed by atoms with van der Waals surface area (Å²) in [6.45, 7) is 3.68. The van der Waals surface area contributed by atoms with Crippen LogP contribution in [0.15, 0.2) is 0 Å². The zero-order valence-electron chi connectivity index (χ0n) is 9.16. The summed E-state index contributed by atoms with van der Waals surface area (Å²) < 4.78 is 25.8. The Bertz CT molecular complexity index is 333. The van der Waals surface area contributed by atoms with Crippen molar-refractivity contribution in [3.8, 4) is 0 Å². The summed E-state index contributed by atoms with van der Waals surface area (Å²) in [5.41, 5.74) is 5.35. The molecule has 15 heavy (non-hydrogen) atoms. The minimum atomic E-state index is -3.28. The fourth-order valence-corrected chi connectivity index (χ4v) is 3.23. The van der Waals surface area contributed by atoms with Gasteiger partial charge in [0, 0.05) is 0 Å². The van der Waals surface area contributed by atoms with E-state index < -0.39 is 16.1 Å². The molecule has 5 nitrogen and oxygen atoms in total. The summed E-state index contributed by atoms with van der Waals surface area (Å²) in [4.78, 5) is 0. The van der Waals surface area contributed by atoms with Crippen LogP contribution in [0.5, 0.6) is 0 Å². The molecule has 0 aromatic heterocycles. The third-order valence-electron chi connectivity index (χ3n) is 2.46. The van der Waals surface area contributed by atoms with Crippen LogP contribution in [0.2, 0.25) is 0 Å². The number of hydrogen-bond acceptors (Lipinski definition) is 3. The van der Waals surface area contributed by atoms with Crippen LogP contribution in [0.1, 0.15) is 26.7 Å². The van der Waals surface area contributed by atoms with Crippen molar-refractivity contribution in [2.45, 2.75) is 32.7 Å². The van der Waals surface area contributed by atoms with Gasteiger partial charge < -0.3 is 5.73 Å². The van der Waals surface area contributed by atoms with Gasteiger partial charge in [-0.15, -0.1) is 0 Å².